The molecule has 0 unspecified atom stereocenters. The quantitative estimate of drug-likeness (QED) is 0.669. The predicted molar refractivity (Wildman–Crippen MR) is 132 cm³/mol. The Morgan fingerprint density at radius 1 is 1.03 bits per heavy atom. The van der Waals surface area contributed by atoms with E-state index in [-0.39, 0.29) is 18.9 Å². The zero-order chi connectivity index (χ0) is 25.2. The molecule has 1 saturated carbocycles. The van der Waals surface area contributed by atoms with Crippen molar-refractivity contribution < 1.29 is 23.9 Å². The van der Waals surface area contributed by atoms with Gasteiger partial charge in [-0.05, 0) is 62.3 Å². The van der Waals surface area contributed by atoms with E-state index in [1.165, 1.54) is 0 Å². The Hall–Kier alpha value is -3.68. The van der Waals surface area contributed by atoms with Gasteiger partial charge >= 0.3 is 12.2 Å². The normalized spacial score (nSPS) is 20.6. The van der Waals surface area contributed by atoms with Crippen molar-refractivity contribution >= 4 is 23.8 Å². The summed E-state index contributed by atoms with van der Waals surface area (Å²) in [4.78, 5) is 41.0. The van der Waals surface area contributed by atoms with Crippen LogP contribution >= 0.6 is 0 Å². The van der Waals surface area contributed by atoms with Crippen LogP contribution in [0.3, 0.4) is 0 Å². The second-order valence-electron chi connectivity index (χ2n) is 9.98. The molecule has 2 aromatic carbocycles. The second kappa shape index (κ2) is 9.90. The van der Waals surface area contributed by atoms with Crippen molar-refractivity contribution in [1.29, 1.82) is 0 Å². The summed E-state index contributed by atoms with van der Waals surface area (Å²) in [6.45, 7) is 5.42. The molecule has 4 rings (SSSR count). The molecule has 35 heavy (non-hydrogen) atoms. The minimum atomic E-state index is -0.727. The summed E-state index contributed by atoms with van der Waals surface area (Å²) in [5.74, 6) is -0.939. The molecule has 0 spiro atoms. The molecule has 0 heterocycles. The van der Waals surface area contributed by atoms with Gasteiger partial charge in [0.05, 0.1) is 6.04 Å². The first-order chi connectivity index (χ1) is 16.6. The molecule has 184 valence electrons. The van der Waals surface area contributed by atoms with Gasteiger partial charge in [0, 0.05) is 17.5 Å². The van der Waals surface area contributed by atoms with Gasteiger partial charge in [0.1, 0.15) is 12.2 Å². The highest BCUT2D eigenvalue weighted by molar-refractivity contribution is 5.99. The lowest BCUT2D eigenvalue weighted by molar-refractivity contribution is -0.122. The number of nitrogens with one attached hydrogen (secondary N) is 1. The molecule has 0 radical (unpaired) electrons. The van der Waals surface area contributed by atoms with Crippen molar-refractivity contribution in [2.75, 3.05) is 6.61 Å². The Balaban J connectivity index is 1.47. The summed E-state index contributed by atoms with van der Waals surface area (Å²) in [7, 11) is 0. The van der Waals surface area contributed by atoms with Gasteiger partial charge < -0.3 is 20.5 Å². The topological polar surface area (TPSA) is 120 Å². The number of alkyl carbamates (subject to hydrolysis) is 1. The summed E-state index contributed by atoms with van der Waals surface area (Å²) in [5.41, 5.74) is 9.76. The van der Waals surface area contributed by atoms with Gasteiger partial charge in [0.25, 0.3) is 0 Å². The number of carbonyl (C=O) groups excluding carboxylic acids is 3. The largest absolute Gasteiger partial charge is 0.447 e. The Kier molecular flexibility index (Phi) is 6.91. The molecule has 2 aromatic rings. The predicted octanol–water partition coefficient (Wildman–Crippen LogP) is 4.56. The average molecular weight is 478 g/mol. The minimum Gasteiger partial charge on any atom is -0.447 e. The van der Waals surface area contributed by atoms with E-state index < -0.39 is 35.7 Å². The molecule has 3 N–H and O–H groups in total. The molecule has 2 atom stereocenters. The van der Waals surface area contributed by atoms with E-state index in [1.54, 1.807) is 20.8 Å². The number of fused-ring (bicyclic) bond motifs is 3. The zero-order valence-corrected chi connectivity index (χ0v) is 20.2. The maximum atomic E-state index is 12.7. The first-order valence-corrected chi connectivity index (χ1v) is 11.8. The highest BCUT2D eigenvalue weighted by Gasteiger charge is 2.34. The molecule has 2 aliphatic rings. The smallest absolute Gasteiger partial charge is 0.433 e. The Bertz CT molecular complexity index is 1120. The van der Waals surface area contributed by atoms with Gasteiger partial charge in [-0.3, -0.25) is 4.79 Å². The molecular formula is C27H31N3O5. The first kappa shape index (κ1) is 24.4. The van der Waals surface area contributed by atoms with E-state index >= 15 is 0 Å². The highest BCUT2D eigenvalue weighted by atomic mass is 16.6. The van der Waals surface area contributed by atoms with Crippen LogP contribution < -0.4 is 11.1 Å². The number of hydrogen-bond acceptors (Lipinski definition) is 5. The van der Waals surface area contributed by atoms with Crippen LogP contribution in [-0.4, -0.2) is 42.1 Å². The van der Waals surface area contributed by atoms with Gasteiger partial charge in [0.15, 0.2) is 0 Å². The molecule has 0 aromatic heterocycles. The van der Waals surface area contributed by atoms with Gasteiger partial charge in [-0.15, -0.1) is 0 Å². The number of nitrogens with two attached hydrogens (primary N) is 1. The van der Waals surface area contributed by atoms with Crippen LogP contribution in [0.1, 0.15) is 57.1 Å². The fourth-order valence-corrected chi connectivity index (χ4v) is 4.76. The van der Waals surface area contributed by atoms with Crippen molar-refractivity contribution in [2.45, 2.75) is 57.6 Å². The van der Waals surface area contributed by atoms with E-state index in [0.29, 0.717) is 18.6 Å². The molecule has 8 heteroatoms. The Morgan fingerprint density at radius 3 is 2.20 bits per heavy atom. The van der Waals surface area contributed by atoms with Crippen molar-refractivity contribution in [3.05, 3.63) is 59.7 Å². The molecule has 0 saturated heterocycles. The first-order valence-electron chi connectivity index (χ1n) is 11.8. The molecule has 1 fully saturated rings. The fourth-order valence-electron chi connectivity index (χ4n) is 4.76. The van der Waals surface area contributed by atoms with Crippen molar-refractivity contribution in [2.24, 2.45) is 16.6 Å². The van der Waals surface area contributed by atoms with Crippen molar-refractivity contribution in [3.63, 3.8) is 0 Å². The summed E-state index contributed by atoms with van der Waals surface area (Å²) in [6, 6.07) is 15.5. The van der Waals surface area contributed by atoms with Gasteiger partial charge in [-0.25, -0.2) is 9.59 Å². The Labute approximate surface area is 204 Å². The third kappa shape index (κ3) is 5.70. The van der Waals surface area contributed by atoms with E-state index in [9.17, 15) is 14.4 Å². The van der Waals surface area contributed by atoms with Crippen LogP contribution in [0, 0.1) is 5.92 Å². The van der Waals surface area contributed by atoms with Crippen molar-refractivity contribution in [3.8, 4) is 11.1 Å². The van der Waals surface area contributed by atoms with E-state index in [1.807, 2.05) is 36.4 Å². The summed E-state index contributed by atoms with van der Waals surface area (Å²) >= 11 is 0. The molecule has 0 aliphatic heterocycles. The monoisotopic (exact) mass is 477 g/mol. The number of carbonyl (C=O) groups is 3. The Morgan fingerprint density at radius 2 is 1.63 bits per heavy atom. The maximum Gasteiger partial charge on any atom is 0.433 e. The maximum absolute atomic E-state index is 12.7. The minimum absolute atomic E-state index is 0.0761. The molecule has 3 amide bonds. The van der Waals surface area contributed by atoms with Gasteiger partial charge in [-0.1, -0.05) is 48.5 Å². The lowest BCUT2D eigenvalue weighted by atomic mass is 9.84. The summed E-state index contributed by atoms with van der Waals surface area (Å²) < 4.78 is 10.9. The lowest BCUT2D eigenvalue weighted by Gasteiger charge is -2.30. The van der Waals surface area contributed by atoms with Crippen LogP contribution in [0.25, 0.3) is 11.1 Å². The van der Waals surface area contributed by atoms with E-state index in [0.717, 1.165) is 22.3 Å². The molecule has 8 nitrogen and oxygen atoms in total. The third-order valence-electron chi connectivity index (χ3n) is 6.34. The van der Waals surface area contributed by atoms with Crippen molar-refractivity contribution in [1.82, 2.24) is 5.32 Å². The molecule has 2 aliphatic carbocycles. The number of hydrogen-bond donors (Lipinski definition) is 2. The van der Waals surface area contributed by atoms with E-state index in [4.69, 9.17) is 15.2 Å². The zero-order valence-electron chi connectivity index (χ0n) is 20.2. The van der Waals surface area contributed by atoms with Crippen LogP contribution in [0.2, 0.25) is 0 Å². The highest BCUT2D eigenvalue weighted by Crippen LogP contribution is 2.44. The number of primary amides is 1. The van der Waals surface area contributed by atoms with Crippen LogP contribution in [0.15, 0.2) is 53.5 Å². The standard InChI is InChI=1S/C27H31N3O5/c1-27(2,3)35-26(33)30-23-14-16(24(28)31)12-13-22(23)29-25(32)34-15-21-19-10-6-4-8-17(19)18-9-5-7-11-20(18)21/h4-11,16,21,23H,12-15H2,1-3H3,(H2,28,31)(H,30,33)/b29-22+/t16-,23+/m0/s1. The average Bonchev–Trinajstić information content (AvgIpc) is 3.11. The number of aliphatic imine (C=N–C) groups is 1. The van der Waals surface area contributed by atoms with Crippen LogP contribution in [0.4, 0.5) is 9.59 Å². The molecule has 0 bridgehead atoms. The van der Waals surface area contributed by atoms with E-state index in [2.05, 4.69) is 22.4 Å². The third-order valence-corrected chi connectivity index (χ3v) is 6.34. The van der Waals surface area contributed by atoms with Crippen LogP contribution in [0.5, 0.6) is 0 Å². The van der Waals surface area contributed by atoms with Crippen LogP contribution in [-0.2, 0) is 14.3 Å². The number of benzene rings is 2. The SMILES string of the molecule is CC(C)(C)OC(=O)N[C@@H]1C[C@@H](C(N)=O)CC/C1=N\C(=O)OCC1c2ccccc2-c2ccccc21. The fraction of sp³-hybridized carbons (Fsp3) is 0.407. The number of rotatable bonds is 4. The number of ether oxygens (including phenoxy) is 2. The summed E-state index contributed by atoms with van der Waals surface area (Å²) in [6.07, 6.45) is -0.317. The summed E-state index contributed by atoms with van der Waals surface area (Å²) in [5, 5.41) is 2.73. The number of nitrogens with zero attached hydrogens (tertiary/aromatic N) is 1. The van der Waals surface area contributed by atoms with Gasteiger partial charge in [-0.2, -0.15) is 4.99 Å². The number of amides is 3. The lowest BCUT2D eigenvalue weighted by Crippen LogP contribution is -2.48. The second-order valence-corrected chi connectivity index (χ2v) is 9.98. The molecular weight excluding hydrogens is 446 g/mol. The van der Waals surface area contributed by atoms with Gasteiger partial charge in [0.2, 0.25) is 5.91 Å².